The van der Waals surface area contributed by atoms with E-state index in [-0.39, 0.29) is 23.2 Å². The molecule has 8 heteroatoms. The van der Waals surface area contributed by atoms with Gasteiger partial charge < -0.3 is 15.3 Å². The van der Waals surface area contributed by atoms with Gasteiger partial charge in [0.25, 0.3) is 0 Å². The molecule has 0 bridgehead atoms. The van der Waals surface area contributed by atoms with Crippen molar-refractivity contribution in [2.45, 2.75) is 13.0 Å². The van der Waals surface area contributed by atoms with Gasteiger partial charge in [-0.25, -0.2) is 9.78 Å². The molecule has 0 saturated carbocycles. The number of carboxylic acid groups (broad SMARTS) is 1. The second kappa shape index (κ2) is 6.10. The molecule has 0 amide bonds. The number of nitro groups is 1. The normalized spacial score (nSPS) is 12.2. The fraction of sp³-hybridized carbons (Fsp3) is 0.455. The number of nitrogens with zero attached hydrogens (tertiary/aromatic N) is 3. The summed E-state index contributed by atoms with van der Waals surface area (Å²) in [6.45, 7) is 2.35. The average molecular weight is 268 g/mol. The maximum atomic E-state index is 10.8. The van der Waals surface area contributed by atoms with E-state index in [0.717, 1.165) is 12.1 Å². The molecule has 0 spiro atoms. The lowest BCUT2D eigenvalue weighted by Crippen LogP contribution is -2.31. The number of aromatic carboxylic acids is 1. The van der Waals surface area contributed by atoms with Crippen molar-refractivity contribution in [3.05, 3.63) is 27.9 Å². The summed E-state index contributed by atoms with van der Waals surface area (Å²) in [7, 11) is 3.75. The minimum atomic E-state index is -1.22. The highest BCUT2D eigenvalue weighted by atomic mass is 16.6. The van der Waals surface area contributed by atoms with Gasteiger partial charge in [0.2, 0.25) is 5.82 Å². The van der Waals surface area contributed by atoms with E-state index in [1.807, 2.05) is 25.9 Å². The van der Waals surface area contributed by atoms with Crippen LogP contribution in [0.1, 0.15) is 17.4 Å². The predicted molar refractivity (Wildman–Crippen MR) is 69.5 cm³/mol. The minimum Gasteiger partial charge on any atom is -0.477 e. The van der Waals surface area contributed by atoms with E-state index in [0.29, 0.717) is 6.54 Å². The van der Waals surface area contributed by atoms with Gasteiger partial charge in [0.1, 0.15) is 0 Å². The zero-order valence-electron chi connectivity index (χ0n) is 11.0. The number of carbonyl (C=O) groups is 1. The van der Waals surface area contributed by atoms with Crippen molar-refractivity contribution in [2.24, 2.45) is 0 Å². The van der Waals surface area contributed by atoms with E-state index in [1.54, 1.807) is 0 Å². The molecule has 1 heterocycles. The lowest BCUT2D eigenvalue weighted by Gasteiger charge is -2.20. The summed E-state index contributed by atoms with van der Waals surface area (Å²) in [5.41, 5.74) is -0.471. The topological polar surface area (TPSA) is 109 Å². The smallest absolute Gasteiger partial charge is 0.354 e. The maximum absolute atomic E-state index is 10.8. The van der Waals surface area contributed by atoms with Gasteiger partial charge in [0.05, 0.1) is 4.92 Å². The van der Waals surface area contributed by atoms with Crippen LogP contribution in [0, 0.1) is 10.1 Å². The maximum Gasteiger partial charge on any atom is 0.354 e. The Balaban J connectivity index is 2.98. The van der Waals surface area contributed by atoms with Crippen LogP contribution in [0.4, 0.5) is 11.5 Å². The largest absolute Gasteiger partial charge is 0.477 e. The van der Waals surface area contributed by atoms with Crippen LogP contribution in [0.5, 0.6) is 0 Å². The Morgan fingerprint density at radius 3 is 2.68 bits per heavy atom. The Hall–Kier alpha value is -2.22. The first-order chi connectivity index (χ1) is 8.82. The first-order valence-corrected chi connectivity index (χ1v) is 5.62. The third-order valence-corrected chi connectivity index (χ3v) is 2.74. The number of nitrogens with one attached hydrogen (secondary N) is 1. The van der Waals surface area contributed by atoms with Crippen molar-refractivity contribution >= 4 is 17.5 Å². The molecular weight excluding hydrogens is 252 g/mol. The molecule has 1 aromatic rings. The van der Waals surface area contributed by atoms with Gasteiger partial charge in [-0.3, -0.25) is 10.1 Å². The highest BCUT2D eigenvalue weighted by Gasteiger charge is 2.19. The molecule has 19 heavy (non-hydrogen) atoms. The van der Waals surface area contributed by atoms with E-state index in [1.165, 1.54) is 0 Å². The molecule has 0 aliphatic heterocycles. The zero-order chi connectivity index (χ0) is 14.6. The highest BCUT2D eigenvalue weighted by Crippen LogP contribution is 2.22. The van der Waals surface area contributed by atoms with Gasteiger partial charge in [0, 0.05) is 18.7 Å². The third kappa shape index (κ3) is 3.88. The summed E-state index contributed by atoms with van der Waals surface area (Å²) in [4.78, 5) is 26.7. The van der Waals surface area contributed by atoms with Gasteiger partial charge in [-0.15, -0.1) is 0 Å². The molecule has 0 saturated heterocycles. The Kier molecular flexibility index (Phi) is 4.76. The molecule has 104 valence electrons. The highest BCUT2D eigenvalue weighted by molar-refractivity contribution is 5.86. The summed E-state index contributed by atoms with van der Waals surface area (Å²) < 4.78 is 0. The monoisotopic (exact) mass is 268 g/mol. The molecule has 0 aromatic carbocycles. The number of anilines is 1. The number of hydrogen-bond acceptors (Lipinski definition) is 6. The number of aromatic nitrogens is 1. The quantitative estimate of drug-likeness (QED) is 0.586. The number of hydrogen-bond donors (Lipinski definition) is 2. The summed E-state index contributed by atoms with van der Waals surface area (Å²) in [5, 5.41) is 22.5. The van der Waals surface area contributed by atoms with Crippen LogP contribution in [0.15, 0.2) is 12.1 Å². The number of carboxylic acids is 1. The Morgan fingerprint density at radius 1 is 1.58 bits per heavy atom. The van der Waals surface area contributed by atoms with Crippen LogP contribution in [0.3, 0.4) is 0 Å². The molecular formula is C11H16N4O4. The summed E-state index contributed by atoms with van der Waals surface area (Å²) in [6, 6.07) is 2.37. The fourth-order valence-electron chi connectivity index (χ4n) is 1.28. The predicted octanol–water partition coefficient (Wildman–Crippen LogP) is 1.05. The fourth-order valence-corrected chi connectivity index (χ4v) is 1.28. The van der Waals surface area contributed by atoms with Crippen LogP contribution in [-0.2, 0) is 0 Å². The minimum absolute atomic E-state index is 0.0291. The van der Waals surface area contributed by atoms with Gasteiger partial charge in [-0.2, -0.15) is 0 Å². The number of rotatable bonds is 6. The van der Waals surface area contributed by atoms with Crippen LogP contribution in [-0.4, -0.2) is 52.6 Å². The first-order valence-electron chi connectivity index (χ1n) is 5.62. The molecule has 8 nitrogen and oxygen atoms in total. The van der Waals surface area contributed by atoms with Crippen LogP contribution < -0.4 is 5.32 Å². The van der Waals surface area contributed by atoms with Crippen molar-refractivity contribution in [1.29, 1.82) is 0 Å². The first kappa shape index (κ1) is 14.8. The van der Waals surface area contributed by atoms with E-state index in [9.17, 15) is 14.9 Å². The molecule has 2 N–H and O–H groups in total. The van der Waals surface area contributed by atoms with Crippen LogP contribution >= 0.6 is 0 Å². The van der Waals surface area contributed by atoms with E-state index < -0.39 is 10.9 Å². The van der Waals surface area contributed by atoms with Crippen molar-refractivity contribution in [3.63, 3.8) is 0 Å². The van der Waals surface area contributed by atoms with Gasteiger partial charge in [-0.1, -0.05) is 0 Å². The van der Waals surface area contributed by atoms with Crippen molar-refractivity contribution in [3.8, 4) is 0 Å². The summed E-state index contributed by atoms with van der Waals surface area (Å²) in [6.07, 6.45) is 0. The molecule has 1 aromatic heterocycles. The van der Waals surface area contributed by atoms with Gasteiger partial charge >= 0.3 is 11.7 Å². The van der Waals surface area contributed by atoms with E-state index in [2.05, 4.69) is 10.3 Å². The molecule has 1 unspecified atom stereocenters. The summed E-state index contributed by atoms with van der Waals surface area (Å²) >= 11 is 0. The second-order valence-electron chi connectivity index (χ2n) is 4.32. The zero-order valence-corrected chi connectivity index (χ0v) is 11.0. The lowest BCUT2D eigenvalue weighted by atomic mass is 10.3. The standard InChI is InChI=1S/C11H16N4O4/c1-7(14(2)3)6-12-10-9(15(18)19)5-4-8(13-10)11(16)17/h4-5,7H,6H2,1-3H3,(H,12,13)(H,16,17). The Bertz CT molecular complexity index is 490. The summed E-state index contributed by atoms with van der Waals surface area (Å²) in [5.74, 6) is -1.25. The SMILES string of the molecule is CC(CNc1nc(C(=O)O)ccc1[N+](=O)[O-])N(C)C. The average Bonchev–Trinajstić information content (AvgIpc) is 2.34. The third-order valence-electron chi connectivity index (χ3n) is 2.74. The molecule has 0 aliphatic rings. The van der Waals surface area contributed by atoms with Gasteiger partial charge in [-0.05, 0) is 27.1 Å². The molecule has 0 radical (unpaired) electrons. The Labute approximate surface area is 110 Å². The van der Waals surface area contributed by atoms with E-state index in [4.69, 9.17) is 5.11 Å². The van der Waals surface area contributed by atoms with Crippen molar-refractivity contribution in [1.82, 2.24) is 9.88 Å². The van der Waals surface area contributed by atoms with E-state index >= 15 is 0 Å². The molecule has 1 rings (SSSR count). The van der Waals surface area contributed by atoms with Gasteiger partial charge in [0.15, 0.2) is 5.69 Å². The second-order valence-corrected chi connectivity index (χ2v) is 4.32. The van der Waals surface area contributed by atoms with Crippen LogP contribution in [0.2, 0.25) is 0 Å². The lowest BCUT2D eigenvalue weighted by molar-refractivity contribution is -0.384. The van der Waals surface area contributed by atoms with Crippen molar-refractivity contribution < 1.29 is 14.8 Å². The van der Waals surface area contributed by atoms with Crippen LogP contribution in [0.25, 0.3) is 0 Å². The number of likely N-dealkylation sites (N-methyl/N-ethyl adjacent to an activating group) is 1. The van der Waals surface area contributed by atoms with Crippen molar-refractivity contribution in [2.75, 3.05) is 26.0 Å². The number of pyridine rings is 1. The Morgan fingerprint density at radius 2 is 2.21 bits per heavy atom. The molecule has 1 atom stereocenters. The molecule has 0 fully saturated rings. The molecule has 0 aliphatic carbocycles.